The first-order valence-electron chi connectivity index (χ1n) is 9.49. The van der Waals surface area contributed by atoms with Crippen molar-refractivity contribution in [3.63, 3.8) is 0 Å². The largest absolute Gasteiger partial charge is 0.496 e. The average molecular weight is 392 g/mol. The van der Waals surface area contributed by atoms with E-state index in [1.165, 1.54) is 0 Å². The monoisotopic (exact) mass is 392 g/mol. The van der Waals surface area contributed by atoms with Gasteiger partial charge in [0.05, 0.1) is 23.9 Å². The van der Waals surface area contributed by atoms with Crippen molar-refractivity contribution in [2.45, 2.75) is 26.8 Å². The molecule has 0 spiro atoms. The molecule has 3 rings (SSSR count). The molecule has 2 aromatic carbocycles. The van der Waals surface area contributed by atoms with E-state index in [9.17, 15) is 9.59 Å². The van der Waals surface area contributed by atoms with Crippen molar-refractivity contribution in [3.05, 3.63) is 70.9 Å². The van der Waals surface area contributed by atoms with Crippen LogP contribution >= 0.6 is 0 Å². The minimum atomic E-state index is -0.537. The van der Waals surface area contributed by atoms with Gasteiger partial charge in [-0.15, -0.1) is 0 Å². The van der Waals surface area contributed by atoms with Crippen LogP contribution in [0.5, 0.6) is 5.75 Å². The Balaban J connectivity index is 1.67. The van der Waals surface area contributed by atoms with Crippen LogP contribution in [0.3, 0.4) is 0 Å². The van der Waals surface area contributed by atoms with Crippen LogP contribution in [0, 0.1) is 6.92 Å². The molecule has 1 aromatic heterocycles. The molecule has 1 N–H and O–H groups in total. The van der Waals surface area contributed by atoms with Gasteiger partial charge in [-0.25, -0.2) is 4.79 Å². The molecule has 6 nitrogen and oxygen atoms in total. The van der Waals surface area contributed by atoms with Crippen LogP contribution in [0.2, 0.25) is 0 Å². The van der Waals surface area contributed by atoms with Gasteiger partial charge < -0.3 is 14.8 Å². The molecule has 29 heavy (non-hydrogen) atoms. The Labute approximate surface area is 169 Å². The molecule has 0 saturated carbocycles. The SMILES string of the molecule is CCc1nc2ccccc2c(C)c1C(=O)OCC(=O)NCc1ccccc1OC. The highest BCUT2D eigenvalue weighted by atomic mass is 16.5. The van der Waals surface area contributed by atoms with Gasteiger partial charge in [-0.3, -0.25) is 9.78 Å². The van der Waals surface area contributed by atoms with Crippen LogP contribution in [0.15, 0.2) is 48.5 Å². The number of para-hydroxylation sites is 2. The summed E-state index contributed by atoms with van der Waals surface area (Å²) in [6.07, 6.45) is 0.593. The molecule has 0 bridgehead atoms. The number of ether oxygens (including phenoxy) is 2. The topological polar surface area (TPSA) is 77.5 Å². The third-order valence-corrected chi connectivity index (χ3v) is 4.77. The van der Waals surface area contributed by atoms with Crippen molar-refractivity contribution in [1.29, 1.82) is 0 Å². The zero-order chi connectivity index (χ0) is 20.8. The number of fused-ring (bicyclic) bond motifs is 1. The normalized spacial score (nSPS) is 10.6. The second kappa shape index (κ2) is 9.19. The molecular weight excluding hydrogens is 368 g/mol. The van der Waals surface area contributed by atoms with E-state index in [1.54, 1.807) is 7.11 Å². The minimum Gasteiger partial charge on any atom is -0.496 e. The van der Waals surface area contributed by atoms with Crippen molar-refractivity contribution in [3.8, 4) is 5.75 Å². The van der Waals surface area contributed by atoms with E-state index in [0.717, 1.165) is 22.0 Å². The third kappa shape index (κ3) is 4.54. The number of amides is 1. The number of aryl methyl sites for hydroxylation is 2. The molecule has 0 aliphatic carbocycles. The first kappa shape index (κ1) is 20.3. The Hall–Kier alpha value is -3.41. The van der Waals surface area contributed by atoms with Gasteiger partial charge >= 0.3 is 5.97 Å². The summed E-state index contributed by atoms with van der Waals surface area (Å²) in [5.41, 5.74) is 3.60. The maximum atomic E-state index is 12.7. The lowest BCUT2D eigenvalue weighted by Gasteiger charge is -2.13. The summed E-state index contributed by atoms with van der Waals surface area (Å²) in [4.78, 5) is 29.4. The van der Waals surface area contributed by atoms with E-state index >= 15 is 0 Å². The molecule has 1 amide bonds. The summed E-state index contributed by atoms with van der Waals surface area (Å²) in [5, 5.41) is 3.64. The summed E-state index contributed by atoms with van der Waals surface area (Å²) < 4.78 is 10.5. The van der Waals surface area contributed by atoms with Crippen LogP contribution in [0.4, 0.5) is 0 Å². The summed E-state index contributed by atoms with van der Waals surface area (Å²) in [6, 6.07) is 15.1. The zero-order valence-electron chi connectivity index (χ0n) is 16.8. The van der Waals surface area contributed by atoms with E-state index < -0.39 is 5.97 Å². The Morgan fingerprint density at radius 3 is 2.55 bits per heavy atom. The zero-order valence-corrected chi connectivity index (χ0v) is 16.8. The van der Waals surface area contributed by atoms with Crippen molar-refractivity contribution >= 4 is 22.8 Å². The van der Waals surface area contributed by atoms with Crippen LogP contribution in [-0.4, -0.2) is 30.6 Å². The summed E-state index contributed by atoms with van der Waals surface area (Å²) in [5.74, 6) is -0.228. The fourth-order valence-electron chi connectivity index (χ4n) is 3.26. The van der Waals surface area contributed by atoms with Crippen molar-refractivity contribution < 1.29 is 19.1 Å². The Kier molecular flexibility index (Phi) is 6.44. The van der Waals surface area contributed by atoms with Crippen LogP contribution < -0.4 is 10.1 Å². The summed E-state index contributed by atoms with van der Waals surface area (Å²) in [6.45, 7) is 3.75. The first-order chi connectivity index (χ1) is 14.0. The number of nitrogens with one attached hydrogen (secondary N) is 1. The number of carbonyl (C=O) groups is 2. The van der Waals surface area contributed by atoms with Crippen molar-refractivity contribution in [2.24, 2.45) is 0 Å². The van der Waals surface area contributed by atoms with Crippen LogP contribution in [0.1, 0.15) is 34.1 Å². The van der Waals surface area contributed by atoms with E-state index in [0.29, 0.717) is 23.4 Å². The summed E-state index contributed by atoms with van der Waals surface area (Å²) in [7, 11) is 1.58. The molecule has 0 radical (unpaired) electrons. The molecule has 3 aromatic rings. The van der Waals surface area contributed by atoms with Gasteiger partial charge in [-0.1, -0.05) is 43.3 Å². The van der Waals surface area contributed by atoms with Gasteiger partial charge in [-0.2, -0.15) is 0 Å². The molecule has 150 valence electrons. The number of hydrogen-bond acceptors (Lipinski definition) is 5. The van der Waals surface area contributed by atoms with Crippen molar-refractivity contribution in [1.82, 2.24) is 10.3 Å². The van der Waals surface area contributed by atoms with Gasteiger partial charge in [0.25, 0.3) is 5.91 Å². The number of hydrogen-bond donors (Lipinski definition) is 1. The van der Waals surface area contributed by atoms with E-state index in [1.807, 2.05) is 62.4 Å². The second-order valence-electron chi connectivity index (χ2n) is 6.59. The van der Waals surface area contributed by atoms with Gasteiger partial charge in [0, 0.05) is 17.5 Å². The Morgan fingerprint density at radius 1 is 1.07 bits per heavy atom. The van der Waals surface area contributed by atoms with Crippen LogP contribution in [0.25, 0.3) is 10.9 Å². The average Bonchev–Trinajstić information content (AvgIpc) is 2.76. The maximum Gasteiger partial charge on any atom is 0.340 e. The van der Waals surface area contributed by atoms with Gasteiger partial charge in [0.15, 0.2) is 6.61 Å². The van der Waals surface area contributed by atoms with E-state index in [-0.39, 0.29) is 19.1 Å². The van der Waals surface area contributed by atoms with E-state index in [2.05, 4.69) is 10.3 Å². The number of methoxy groups -OCH3 is 1. The van der Waals surface area contributed by atoms with Gasteiger partial charge in [0.2, 0.25) is 0 Å². The number of aromatic nitrogens is 1. The van der Waals surface area contributed by atoms with E-state index in [4.69, 9.17) is 9.47 Å². The maximum absolute atomic E-state index is 12.7. The number of carbonyl (C=O) groups excluding carboxylic acids is 2. The number of nitrogens with zero attached hydrogens (tertiary/aromatic N) is 1. The molecule has 0 aliphatic rings. The molecule has 0 fully saturated rings. The van der Waals surface area contributed by atoms with Crippen LogP contribution in [-0.2, 0) is 22.5 Å². The lowest BCUT2D eigenvalue weighted by Crippen LogP contribution is -2.29. The molecule has 0 unspecified atom stereocenters. The highest BCUT2D eigenvalue weighted by Gasteiger charge is 2.20. The molecule has 6 heteroatoms. The lowest BCUT2D eigenvalue weighted by molar-refractivity contribution is -0.124. The predicted molar refractivity (Wildman–Crippen MR) is 111 cm³/mol. The second-order valence-corrected chi connectivity index (χ2v) is 6.59. The first-order valence-corrected chi connectivity index (χ1v) is 9.49. The highest BCUT2D eigenvalue weighted by molar-refractivity contribution is 5.99. The molecule has 0 atom stereocenters. The number of benzene rings is 2. The molecular formula is C23H24N2O4. The number of pyridine rings is 1. The quantitative estimate of drug-likeness (QED) is 0.622. The molecule has 0 saturated heterocycles. The van der Waals surface area contributed by atoms with Gasteiger partial charge in [0.1, 0.15) is 5.75 Å². The smallest absolute Gasteiger partial charge is 0.340 e. The standard InChI is InChI=1S/C23H24N2O4/c1-4-18-22(15(2)17-10-6-7-11-19(17)25-18)23(27)29-14-21(26)24-13-16-9-5-8-12-20(16)28-3/h5-12H,4,13-14H2,1-3H3,(H,24,26). The molecule has 0 aliphatic heterocycles. The highest BCUT2D eigenvalue weighted by Crippen LogP contribution is 2.24. The van der Waals surface area contributed by atoms with Gasteiger partial charge in [-0.05, 0) is 31.0 Å². The van der Waals surface area contributed by atoms with Crippen molar-refractivity contribution in [2.75, 3.05) is 13.7 Å². The number of rotatable bonds is 7. The Bertz CT molecular complexity index is 1050. The Morgan fingerprint density at radius 2 is 1.79 bits per heavy atom. The minimum absolute atomic E-state index is 0.289. The fraction of sp³-hybridized carbons (Fsp3) is 0.261. The summed E-state index contributed by atoms with van der Waals surface area (Å²) >= 11 is 0. The third-order valence-electron chi connectivity index (χ3n) is 4.77. The number of esters is 1. The molecule has 1 heterocycles. The predicted octanol–water partition coefficient (Wildman–Crippen LogP) is 3.59. The lowest BCUT2D eigenvalue weighted by atomic mass is 10.0. The fourth-order valence-corrected chi connectivity index (χ4v) is 3.26.